The predicted molar refractivity (Wildman–Crippen MR) is 38.6 cm³/mol. The molecule has 1 saturated heterocycles. The summed E-state index contributed by atoms with van der Waals surface area (Å²) in [5.41, 5.74) is 0. The second kappa shape index (κ2) is 4.61. The van der Waals surface area contributed by atoms with E-state index in [0.29, 0.717) is 0 Å². The standard InChI is InChI=1S/C5H9F2N.C2H6/c1-8-2-4(6)5(7)3-8;1-2/h4-5H,2-3H2,1H3;1-2H3. The Morgan fingerprint density at radius 2 is 1.40 bits per heavy atom. The lowest BCUT2D eigenvalue weighted by Crippen LogP contribution is -2.13. The topological polar surface area (TPSA) is 3.24 Å². The summed E-state index contributed by atoms with van der Waals surface area (Å²) < 4.78 is 24.3. The van der Waals surface area contributed by atoms with Crippen LogP contribution >= 0.6 is 0 Å². The largest absolute Gasteiger partial charge is 0.300 e. The molecule has 0 amide bonds. The van der Waals surface area contributed by atoms with Crippen molar-refractivity contribution < 1.29 is 8.78 Å². The van der Waals surface area contributed by atoms with Crippen molar-refractivity contribution >= 4 is 0 Å². The summed E-state index contributed by atoms with van der Waals surface area (Å²) in [5, 5.41) is 0. The smallest absolute Gasteiger partial charge is 0.145 e. The first kappa shape index (κ1) is 9.82. The molecule has 0 aromatic heterocycles. The molecule has 62 valence electrons. The SMILES string of the molecule is CC.CN1CC(F)C(F)C1. The molecule has 0 radical (unpaired) electrons. The maximum atomic E-state index is 12.2. The van der Waals surface area contributed by atoms with Crippen LogP contribution in [0.2, 0.25) is 0 Å². The van der Waals surface area contributed by atoms with Gasteiger partial charge in [-0.25, -0.2) is 8.78 Å². The highest BCUT2D eigenvalue weighted by Crippen LogP contribution is 2.13. The zero-order valence-corrected chi connectivity index (χ0v) is 6.77. The van der Waals surface area contributed by atoms with Gasteiger partial charge in [0.05, 0.1) is 0 Å². The van der Waals surface area contributed by atoms with Gasteiger partial charge in [0.1, 0.15) is 12.3 Å². The van der Waals surface area contributed by atoms with Gasteiger partial charge in [0.2, 0.25) is 0 Å². The van der Waals surface area contributed by atoms with Crippen molar-refractivity contribution in [2.45, 2.75) is 26.2 Å². The van der Waals surface area contributed by atoms with Crippen LogP contribution in [0.5, 0.6) is 0 Å². The molecule has 1 aliphatic heterocycles. The third-order valence-corrected chi connectivity index (χ3v) is 1.36. The van der Waals surface area contributed by atoms with E-state index in [-0.39, 0.29) is 13.1 Å². The van der Waals surface area contributed by atoms with Gasteiger partial charge in [0, 0.05) is 13.1 Å². The van der Waals surface area contributed by atoms with E-state index >= 15 is 0 Å². The average molecular weight is 151 g/mol. The maximum absolute atomic E-state index is 12.2. The van der Waals surface area contributed by atoms with Gasteiger partial charge in [0.25, 0.3) is 0 Å². The first-order valence-electron chi connectivity index (χ1n) is 3.67. The average Bonchev–Trinajstić information content (AvgIpc) is 2.16. The molecule has 1 rings (SSSR count). The number of hydrogen-bond acceptors (Lipinski definition) is 1. The van der Waals surface area contributed by atoms with Crippen molar-refractivity contribution in [1.29, 1.82) is 0 Å². The van der Waals surface area contributed by atoms with E-state index in [9.17, 15) is 8.78 Å². The van der Waals surface area contributed by atoms with E-state index in [1.807, 2.05) is 13.8 Å². The van der Waals surface area contributed by atoms with Crippen LogP contribution < -0.4 is 0 Å². The van der Waals surface area contributed by atoms with Crippen molar-refractivity contribution in [3.05, 3.63) is 0 Å². The highest BCUT2D eigenvalue weighted by Gasteiger charge is 2.29. The molecule has 0 spiro atoms. The molecular weight excluding hydrogens is 136 g/mol. The Labute approximate surface area is 61.0 Å². The van der Waals surface area contributed by atoms with Gasteiger partial charge in [-0.05, 0) is 7.05 Å². The quantitative estimate of drug-likeness (QED) is 0.508. The minimum atomic E-state index is -1.25. The molecule has 1 heterocycles. The Balaban J connectivity index is 0.000000371. The van der Waals surface area contributed by atoms with Crippen LogP contribution in [-0.2, 0) is 0 Å². The van der Waals surface area contributed by atoms with E-state index in [4.69, 9.17) is 0 Å². The fraction of sp³-hybridized carbons (Fsp3) is 1.00. The van der Waals surface area contributed by atoms with Crippen LogP contribution in [-0.4, -0.2) is 37.4 Å². The summed E-state index contributed by atoms with van der Waals surface area (Å²) in [4.78, 5) is 1.65. The Morgan fingerprint density at radius 3 is 1.50 bits per heavy atom. The molecule has 2 atom stereocenters. The number of nitrogens with zero attached hydrogens (tertiary/aromatic N) is 1. The van der Waals surface area contributed by atoms with Crippen LogP contribution in [0.15, 0.2) is 0 Å². The van der Waals surface area contributed by atoms with E-state index < -0.39 is 12.3 Å². The Kier molecular flexibility index (Phi) is 4.52. The molecule has 0 aromatic carbocycles. The monoisotopic (exact) mass is 151 g/mol. The predicted octanol–water partition coefficient (Wildman–Crippen LogP) is 1.63. The van der Waals surface area contributed by atoms with Gasteiger partial charge in [-0.1, -0.05) is 13.8 Å². The molecule has 0 aliphatic carbocycles. The van der Waals surface area contributed by atoms with Crippen LogP contribution in [0.4, 0.5) is 8.78 Å². The second-order valence-electron chi connectivity index (χ2n) is 2.25. The Bertz CT molecular complexity index is 77.7. The summed E-state index contributed by atoms with van der Waals surface area (Å²) in [7, 11) is 1.71. The Hall–Kier alpha value is -0.180. The molecule has 3 heteroatoms. The van der Waals surface area contributed by atoms with Gasteiger partial charge >= 0.3 is 0 Å². The normalized spacial score (nSPS) is 33.3. The van der Waals surface area contributed by atoms with Gasteiger partial charge in [-0.15, -0.1) is 0 Å². The van der Waals surface area contributed by atoms with Crippen LogP contribution in [0.25, 0.3) is 0 Å². The lowest BCUT2D eigenvalue weighted by molar-refractivity contribution is 0.217. The van der Waals surface area contributed by atoms with E-state index in [0.717, 1.165) is 0 Å². The van der Waals surface area contributed by atoms with E-state index in [1.54, 1.807) is 11.9 Å². The molecule has 0 aromatic rings. The summed E-state index contributed by atoms with van der Waals surface area (Å²) in [6, 6.07) is 0. The summed E-state index contributed by atoms with van der Waals surface area (Å²) in [6.07, 6.45) is -2.50. The highest BCUT2D eigenvalue weighted by atomic mass is 19.2. The van der Waals surface area contributed by atoms with Crippen molar-refractivity contribution in [2.24, 2.45) is 0 Å². The van der Waals surface area contributed by atoms with Crippen LogP contribution in [0, 0.1) is 0 Å². The summed E-state index contributed by atoms with van der Waals surface area (Å²) in [6.45, 7) is 4.50. The zero-order chi connectivity index (χ0) is 8.15. The molecule has 0 saturated carbocycles. The van der Waals surface area contributed by atoms with Gasteiger partial charge in [-0.2, -0.15) is 0 Å². The van der Waals surface area contributed by atoms with Crippen molar-refractivity contribution in [3.8, 4) is 0 Å². The molecule has 10 heavy (non-hydrogen) atoms. The Morgan fingerprint density at radius 1 is 1.10 bits per heavy atom. The molecular formula is C7H15F2N. The van der Waals surface area contributed by atoms with Crippen LogP contribution in [0.3, 0.4) is 0 Å². The lowest BCUT2D eigenvalue weighted by Gasteiger charge is -2.01. The maximum Gasteiger partial charge on any atom is 0.145 e. The van der Waals surface area contributed by atoms with Crippen molar-refractivity contribution in [3.63, 3.8) is 0 Å². The number of hydrogen-bond donors (Lipinski definition) is 0. The summed E-state index contributed by atoms with van der Waals surface area (Å²) >= 11 is 0. The van der Waals surface area contributed by atoms with Gasteiger partial charge < -0.3 is 4.90 Å². The molecule has 2 unspecified atom stereocenters. The summed E-state index contributed by atoms with van der Waals surface area (Å²) in [5.74, 6) is 0. The molecule has 0 bridgehead atoms. The molecule has 1 fully saturated rings. The zero-order valence-electron chi connectivity index (χ0n) is 6.77. The number of rotatable bonds is 0. The number of alkyl halides is 2. The van der Waals surface area contributed by atoms with E-state index in [2.05, 4.69) is 0 Å². The van der Waals surface area contributed by atoms with Crippen molar-refractivity contribution in [2.75, 3.05) is 20.1 Å². The fourth-order valence-corrected chi connectivity index (χ4v) is 0.899. The second-order valence-corrected chi connectivity index (χ2v) is 2.25. The van der Waals surface area contributed by atoms with Crippen molar-refractivity contribution in [1.82, 2.24) is 4.90 Å². The third-order valence-electron chi connectivity index (χ3n) is 1.36. The van der Waals surface area contributed by atoms with Gasteiger partial charge in [0.15, 0.2) is 0 Å². The fourth-order valence-electron chi connectivity index (χ4n) is 0.899. The molecule has 1 aliphatic rings. The minimum Gasteiger partial charge on any atom is -0.300 e. The highest BCUT2D eigenvalue weighted by molar-refractivity contribution is 4.81. The first-order valence-corrected chi connectivity index (χ1v) is 3.67. The van der Waals surface area contributed by atoms with Gasteiger partial charge in [-0.3, -0.25) is 0 Å². The lowest BCUT2D eigenvalue weighted by atomic mass is 10.3. The first-order chi connectivity index (χ1) is 4.70. The minimum absolute atomic E-state index is 0.251. The van der Waals surface area contributed by atoms with Crippen LogP contribution in [0.1, 0.15) is 13.8 Å². The number of halogens is 2. The molecule has 0 N–H and O–H groups in total. The number of likely N-dealkylation sites (tertiary alicyclic amines) is 1. The van der Waals surface area contributed by atoms with E-state index in [1.165, 1.54) is 0 Å². The third kappa shape index (κ3) is 2.60. The molecule has 1 nitrogen and oxygen atoms in total.